The molecule has 1 heterocycles. The molecule has 1 aliphatic heterocycles. The Morgan fingerprint density at radius 1 is 1.75 bits per heavy atom. The van der Waals surface area contributed by atoms with E-state index in [0.29, 0.717) is 6.54 Å². The van der Waals surface area contributed by atoms with Gasteiger partial charge in [0.2, 0.25) is 0 Å². The molecule has 0 spiro atoms. The molecule has 0 unspecified atom stereocenters. The summed E-state index contributed by atoms with van der Waals surface area (Å²) in [5, 5.41) is 8.41. The normalized spacial score (nSPS) is 20.8. The van der Waals surface area contributed by atoms with Crippen LogP contribution in [0.4, 0.5) is 4.79 Å². The van der Waals surface area contributed by atoms with Gasteiger partial charge in [0.15, 0.2) is 0 Å². The zero-order valence-corrected chi connectivity index (χ0v) is 7.03. The molecule has 0 radical (unpaired) electrons. The van der Waals surface area contributed by atoms with Crippen molar-refractivity contribution in [2.24, 2.45) is 0 Å². The second-order valence-electron chi connectivity index (χ2n) is 3.38. The van der Waals surface area contributed by atoms with Crippen molar-refractivity contribution in [1.82, 2.24) is 4.90 Å². The van der Waals surface area contributed by atoms with Crippen LogP contribution in [-0.2, 0) is 9.53 Å². The number of carbonyl (C=O) groups excluding carboxylic acids is 1. The van der Waals surface area contributed by atoms with Gasteiger partial charge >= 0.3 is 12.1 Å². The third-order valence-corrected chi connectivity index (χ3v) is 1.52. The second-order valence-corrected chi connectivity index (χ2v) is 3.38. The number of aliphatic carboxylic acids is 1. The molecule has 5 heteroatoms. The number of hydrogen-bond acceptors (Lipinski definition) is 3. The molecule has 1 amide bonds. The van der Waals surface area contributed by atoms with Crippen molar-refractivity contribution in [3.63, 3.8) is 0 Å². The number of carboxylic acid groups (broad SMARTS) is 1. The molecule has 1 N–H and O–H groups in total. The van der Waals surface area contributed by atoms with E-state index in [0.717, 1.165) is 0 Å². The molecule has 1 fully saturated rings. The van der Waals surface area contributed by atoms with Gasteiger partial charge in [-0.05, 0) is 13.8 Å². The van der Waals surface area contributed by atoms with Gasteiger partial charge in [-0.3, -0.25) is 9.69 Å². The quantitative estimate of drug-likeness (QED) is 0.652. The van der Waals surface area contributed by atoms with Gasteiger partial charge in [-0.15, -0.1) is 0 Å². The highest BCUT2D eigenvalue weighted by Gasteiger charge is 2.38. The molecule has 0 aromatic rings. The molecule has 0 aromatic carbocycles. The molecule has 0 aliphatic carbocycles. The van der Waals surface area contributed by atoms with Crippen LogP contribution in [0.2, 0.25) is 0 Å². The topological polar surface area (TPSA) is 66.8 Å². The standard InChI is InChI=1S/C7H11NO4/c1-7(2)4-8(3-5(9)10)6(11)12-7/h3-4H2,1-2H3,(H,9,10). The highest BCUT2D eigenvalue weighted by atomic mass is 16.6. The lowest BCUT2D eigenvalue weighted by Gasteiger charge is -2.13. The van der Waals surface area contributed by atoms with E-state index in [2.05, 4.69) is 0 Å². The Balaban J connectivity index is 2.58. The Morgan fingerprint density at radius 2 is 2.33 bits per heavy atom. The number of cyclic esters (lactones) is 1. The van der Waals surface area contributed by atoms with Crippen LogP contribution < -0.4 is 0 Å². The Labute approximate surface area is 69.9 Å². The summed E-state index contributed by atoms with van der Waals surface area (Å²) in [6, 6.07) is 0. The van der Waals surface area contributed by atoms with Crippen molar-refractivity contribution < 1.29 is 19.4 Å². The number of carbonyl (C=O) groups is 2. The van der Waals surface area contributed by atoms with Gasteiger partial charge < -0.3 is 9.84 Å². The van der Waals surface area contributed by atoms with Gasteiger partial charge in [-0.25, -0.2) is 4.79 Å². The monoisotopic (exact) mass is 173 g/mol. The summed E-state index contributed by atoms with van der Waals surface area (Å²) in [5.74, 6) is -1.02. The maximum absolute atomic E-state index is 11.0. The van der Waals surface area contributed by atoms with Crippen molar-refractivity contribution >= 4 is 12.1 Å². The zero-order valence-electron chi connectivity index (χ0n) is 7.03. The highest BCUT2D eigenvalue weighted by Crippen LogP contribution is 2.20. The number of nitrogens with zero attached hydrogens (tertiary/aromatic N) is 1. The first-order valence-electron chi connectivity index (χ1n) is 3.60. The average molecular weight is 173 g/mol. The van der Waals surface area contributed by atoms with E-state index in [-0.39, 0.29) is 6.54 Å². The van der Waals surface area contributed by atoms with Crippen LogP contribution in [0.5, 0.6) is 0 Å². The minimum atomic E-state index is -1.02. The van der Waals surface area contributed by atoms with E-state index >= 15 is 0 Å². The largest absolute Gasteiger partial charge is 0.480 e. The fourth-order valence-electron chi connectivity index (χ4n) is 1.14. The van der Waals surface area contributed by atoms with E-state index in [1.807, 2.05) is 0 Å². The molecule has 1 aliphatic rings. The predicted molar refractivity (Wildman–Crippen MR) is 39.8 cm³/mol. The maximum Gasteiger partial charge on any atom is 0.411 e. The Bertz CT molecular complexity index is 223. The minimum Gasteiger partial charge on any atom is -0.480 e. The molecule has 1 saturated heterocycles. The number of rotatable bonds is 2. The van der Waals surface area contributed by atoms with Gasteiger partial charge in [0.05, 0.1) is 6.54 Å². The molecule has 0 saturated carbocycles. The van der Waals surface area contributed by atoms with Gasteiger partial charge in [0.1, 0.15) is 12.1 Å². The van der Waals surface area contributed by atoms with E-state index in [9.17, 15) is 9.59 Å². The third-order valence-electron chi connectivity index (χ3n) is 1.52. The number of carboxylic acids is 1. The summed E-state index contributed by atoms with van der Waals surface area (Å²) in [5.41, 5.74) is -0.563. The summed E-state index contributed by atoms with van der Waals surface area (Å²) in [4.78, 5) is 22.4. The summed E-state index contributed by atoms with van der Waals surface area (Å²) >= 11 is 0. The van der Waals surface area contributed by atoms with Crippen molar-refractivity contribution in [3.05, 3.63) is 0 Å². The summed E-state index contributed by atoms with van der Waals surface area (Å²) in [7, 11) is 0. The number of ether oxygens (including phenoxy) is 1. The maximum atomic E-state index is 11.0. The third kappa shape index (κ3) is 1.87. The Kier molecular flexibility index (Phi) is 1.95. The smallest absolute Gasteiger partial charge is 0.411 e. The van der Waals surface area contributed by atoms with Gasteiger partial charge in [-0.2, -0.15) is 0 Å². The fraction of sp³-hybridized carbons (Fsp3) is 0.714. The van der Waals surface area contributed by atoms with Crippen LogP contribution in [0.3, 0.4) is 0 Å². The highest BCUT2D eigenvalue weighted by molar-refractivity contribution is 5.78. The predicted octanol–water partition coefficient (Wildman–Crippen LogP) is 0.302. The van der Waals surface area contributed by atoms with E-state index in [1.165, 1.54) is 4.90 Å². The fourth-order valence-corrected chi connectivity index (χ4v) is 1.14. The van der Waals surface area contributed by atoms with Gasteiger partial charge in [0.25, 0.3) is 0 Å². The zero-order chi connectivity index (χ0) is 9.35. The molecule has 5 nitrogen and oxygen atoms in total. The van der Waals surface area contributed by atoms with Gasteiger partial charge in [-0.1, -0.05) is 0 Å². The summed E-state index contributed by atoms with van der Waals surface area (Å²) in [6.07, 6.45) is -0.553. The first-order valence-corrected chi connectivity index (χ1v) is 3.60. The number of hydrogen-bond donors (Lipinski definition) is 1. The Morgan fingerprint density at radius 3 is 2.67 bits per heavy atom. The molecule has 0 atom stereocenters. The minimum absolute atomic E-state index is 0.289. The van der Waals surface area contributed by atoms with Crippen molar-refractivity contribution in [3.8, 4) is 0 Å². The van der Waals surface area contributed by atoms with Crippen molar-refractivity contribution in [1.29, 1.82) is 0 Å². The van der Waals surface area contributed by atoms with Crippen LogP contribution in [0.1, 0.15) is 13.8 Å². The average Bonchev–Trinajstić information content (AvgIpc) is 2.03. The van der Waals surface area contributed by atoms with E-state index in [1.54, 1.807) is 13.8 Å². The first kappa shape index (κ1) is 8.83. The van der Waals surface area contributed by atoms with Crippen molar-refractivity contribution in [2.75, 3.05) is 13.1 Å². The van der Waals surface area contributed by atoms with Crippen LogP contribution in [0.25, 0.3) is 0 Å². The van der Waals surface area contributed by atoms with E-state index < -0.39 is 17.7 Å². The molecule has 0 bridgehead atoms. The first-order chi connectivity index (χ1) is 5.41. The molecular weight excluding hydrogens is 162 g/mol. The lowest BCUT2D eigenvalue weighted by molar-refractivity contribution is -0.137. The van der Waals surface area contributed by atoms with Gasteiger partial charge in [0, 0.05) is 0 Å². The number of amides is 1. The molecule has 1 rings (SSSR count). The van der Waals surface area contributed by atoms with Crippen molar-refractivity contribution in [2.45, 2.75) is 19.4 Å². The summed E-state index contributed by atoms with van der Waals surface area (Å²) < 4.78 is 4.89. The van der Waals surface area contributed by atoms with E-state index in [4.69, 9.17) is 9.84 Å². The van der Waals surface area contributed by atoms with Crippen LogP contribution in [-0.4, -0.2) is 40.8 Å². The van der Waals surface area contributed by atoms with Crippen LogP contribution in [0, 0.1) is 0 Å². The second kappa shape index (κ2) is 2.66. The SMILES string of the molecule is CC1(C)CN(CC(=O)O)C(=O)O1. The van der Waals surface area contributed by atoms with Crippen LogP contribution in [0.15, 0.2) is 0 Å². The molecule has 12 heavy (non-hydrogen) atoms. The Hall–Kier alpha value is -1.26. The van der Waals surface area contributed by atoms with Crippen LogP contribution >= 0.6 is 0 Å². The lowest BCUT2D eigenvalue weighted by atomic mass is 10.1. The molecular formula is C7H11NO4. The molecule has 68 valence electrons. The lowest BCUT2D eigenvalue weighted by Crippen LogP contribution is -2.32. The molecule has 0 aromatic heterocycles. The summed E-state index contributed by atoms with van der Waals surface area (Å²) in [6.45, 7) is 3.53.